The van der Waals surface area contributed by atoms with Gasteiger partial charge in [0.05, 0.1) is 12.1 Å². The zero-order valence-corrected chi connectivity index (χ0v) is 19.4. The van der Waals surface area contributed by atoms with Crippen LogP contribution in [0.3, 0.4) is 0 Å². The van der Waals surface area contributed by atoms with E-state index >= 15 is 0 Å². The molecular weight excluding hydrogens is 514 g/mol. The lowest BCUT2D eigenvalue weighted by Gasteiger charge is -2.14. The summed E-state index contributed by atoms with van der Waals surface area (Å²) in [5.74, 6) is 1.37. The average Bonchev–Trinajstić information content (AvgIpc) is 3.51. The van der Waals surface area contributed by atoms with Crippen LogP contribution in [-0.2, 0) is 10.9 Å². The summed E-state index contributed by atoms with van der Waals surface area (Å²) in [6.07, 6.45) is -1.98. The summed E-state index contributed by atoms with van der Waals surface area (Å²) < 4.78 is 49.0. The fraction of sp³-hybridized carbons (Fsp3) is 0.650. The Morgan fingerprint density at radius 2 is 2.07 bits per heavy atom. The van der Waals surface area contributed by atoms with Crippen molar-refractivity contribution in [3.8, 4) is 5.75 Å². The molecule has 0 aromatic heterocycles. The van der Waals surface area contributed by atoms with Crippen LogP contribution in [0, 0.1) is 5.92 Å². The molecule has 0 spiro atoms. The van der Waals surface area contributed by atoms with E-state index in [0.717, 1.165) is 31.1 Å². The Labute approximate surface area is 192 Å². The molecule has 0 aliphatic heterocycles. The normalized spacial score (nSPS) is 15.3. The topological polar surface area (TPSA) is 75.1 Å². The molecule has 1 aliphatic rings. The van der Waals surface area contributed by atoms with Crippen LogP contribution in [0.2, 0.25) is 0 Å². The van der Waals surface area contributed by atoms with E-state index in [1.165, 1.54) is 25.0 Å². The number of nitrogens with zero attached hydrogens (tertiary/aromatic N) is 1. The first-order valence-corrected chi connectivity index (χ1v) is 9.96. The minimum absolute atomic E-state index is 0. The fourth-order valence-corrected chi connectivity index (χ4v) is 2.46. The molecule has 0 amide bonds. The minimum Gasteiger partial charge on any atom is -0.491 e. The van der Waals surface area contributed by atoms with Crippen LogP contribution >= 0.6 is 24.0 Å². The van der Waals surface area contributed by atoms with Gasteiger partial charge in [-0.05, 0) is 50.3 Å². The summed E-state index contributed by atoms with van der Waals surface area (Å²) in [5, 5.41) is 16.3. The van der Waals surface area contributed by atoms with E-state index in [0.29, 0.717) is 25.7 Å². The number of nitrogens with one attached hydrogen (secondary N) is 2. The van der Waals surface area contributed by atoms with Crippen LogP contribution in [0.25, 0.3) is 0 Å². The number of guanidine groups is 1. The largest absolute Gasteiger partial charge is 0.491 e. The van der Waals surface area contributed by atoms with E-state index in [1.54, 1.807) is 0 Å². The molecule has 172 valence electrons. The molecule has 1 aliphatic carbocycles. The van der Waals surface area contributed by atoms with E-state index in [4.69, 9.17) is 9.47 Å². The lowest BCUT2D eigenvalue weighted by Crippen LogP contribution is -2.39. The van der Waals surface area contributed by atoms with Gasteiger partial charge < -0.3 is 25.2 Å². The van der Waals surface area contributed by atoms with Gasteiger partial charge in [0.1, 0.15) is 18.5 Å². The van der Waals surface area contributed by atoms with E-state index in [1.807, 2.05) is 6.92 Å². The number of aliphatic hydroxyl groups excluding tert-OH is 1. The molecule has 1 saturated carbocycles. The highest BCUT2D eigenvalue weighted by molar-refractivity contribution is 14.0. The lowest BCUT2D eigenvalue weighted by atomic mass is 10.2. The highest BCUT2D eigenvalue weighted by Gasteiger charge is 2.30. The molecule has 1 unspecified atom stereocenters. The molecule has 3 N–H and O–H groups in total. The van der Waals surface area contributed by atoms with Gasteiger partial charge >= 0.3 is 6.18 Å². The van der Waals surface area contributed by atoms with E-state index in [9.17, 15) is 18.3 Å². The maximum absolute atomic E-state index is 12.7. The molecule has 6 nitrogen and oxygen atoms in total. The van der Waals surface area contributed by atoms with Crippen molar-refractivity contribution in [2.24, 2.45) is 10.9 Å². The molecule has 1 aromatic rings. The van der Waals surface area contributed by atoms with Crippen LogP contribution in [0.15, 0.2) is 29.3 Å². The molecule has 10 heteroatoms. The second-order valence-electron chi connectivity index (χ2n) is 7.01. The first-order valence-electron chi connectivity index (χ1n) is 9.96. The summed E-state index contributed by atoms with van der Waals surface area (Å²) >= 11 is 0. The van der Waals surface area contributed by atoms with Crippen molar-refractivity contribution in [1.82, 2.24) is 10.6 Å². The number of halogens is 4. The van der Waals surface area contributed by atoms with E-state index < -0.39 is 17.8 Å². The van der Waals surface area contributed by atoms with Gasteiger partial charge in [0.25, 0.3) is 0 Å². The maximum atomic E-state index is 12.7. The van der Waals surface area contributed by atoms with Crippen molar-refractivity contribution < 1.29 is 27.8 Å². The molecule has 1 aromatic carbocycles. The standard InChI is InChI=1S/C20H30F3N3O3.HI/c1-2-24-19(25-9-4-10-28-13-15-7-8-15)26-12-17(27)14-29-18-6-3-5-16(11-18)20(21,22)23;/h3,5-6,11,15,17,27H,2,4,7-10,12-14H2,1H3,(H2,24,25,26);1H. The Morgan fingerprint density at radius 1 is 1.30 bits per heavy atom. The molecule has 0 radical (unpaired) electrons. The molecule has 30 heavy (non-hydrogen) atoms. The maximum Gasteiger partial charge on any atom is 0.416 e. The monoisotopic (exact) mass is 545 g/mol. The molecule has 0 bridgehead atoms. The van der Waals surface area contributed by atoms with Crippen molar-refractivity contribution in [3.05, 3.63) is 29.8 Å². The highest BCUT2D eigenvalue weighted by atomic mass is 127. The summed E-state index contributed by atoms with van der Waals surface area (Å²) in [7, 11) is 0. The Bertz CT molecular complexity index is 643. The van der Waals surface area contributed by atoms with Gasteiger partial charge in [-0.2, -0.15) is 13.2 Å². The quantitative estimate of drug-likeness (QED) is 0.163. The first-order chi connectivity index (χ1) is 13.9. The predicted molar refractivity (Wildman–Crippen MR) is 121 cm³/mol. The molecule has 0 heterocycles. The smallest absolute Gasteiger partial charge is 0.416 e. The zero-order valence-electron chi connectivity index (χ0n) is 17.1. The number of hydrogen-bond donors (Lipinski definition) is 3. The average molecular weight is 545 g/mol. The number of rotatable bonds is 12. The van der Waals surface area contributed by atoms with Gasteiger partial charge in [-0.3, -0.25) is 4.99 Å². The second kappa shape index (κ2) is 13.9. The highest BCUT2D eigenvalue weighted by Crippen LogP contribution is 2.31. The van der Waals surface area contributed by atoms with E-state index in [-0.39, 0.29) is 42.9 Å². The number of aliphatic imine (C=N–C) groups is 1. The number of ether oxygens (including phenoxy) is 2. The van der Waals surface area contributed by atoms with Crippen LogP contribution in [0.4, 0.5) is 13.2 Å². The summed E-state index contributed by atoms with van der Waals surface area (Å²) in [6, 6.07) is 4.57. The van der Waals surface area contributed by atoms with Crippen LogP contribution < -0.4 is 15.4 Å². The third kappa shape index (κ3) is 11.2. The first kappa shape index (κ1) is 26.8. The van der Waals surface area contributed by atoms with E-state index in [2.05, 4.69) is 15.6 Å². The summed E-state index contributed by atoms with van der Waals surface area (Å²) in [5.41, 5.74) is -0.790. The summed E-state index contributed by atoms with van der Waals surface area (Å²) in [6.45, 7) is 4.73. The Kier molecular flexibility index (Phi) is 12.4. The molecular formula is C20H31F3IN3O3. The van der Waals surface area contributed by atoms with Crippen LogP contribution in [0.5, 0.6) is 5.75 Å². The molecule has 2 rings (SSSR count). The SMILES string of the molecule is CCNC(=NCC(O)COc1cccc(C(F)(F)F)c1)NCCCOCC1CC1.I. The van der Waals surface area contributed by atoms with Gasteiger partial charge in [0, 0.05) is 26.3 Å². The van der Waals surface area contributed by atoms with Gasteiger partial charge in [-0.1, -0.05) is 6.07 Å². The number of hydrogen-bond acceptors (Lipinski definition) is 4. The lowest BCUT2D eigenvalue weighted by molar-refractivity contribution is -0.137. The zero-order chi connectivity index (χ0) is 21.1. The van der Waals surface area contributed by atoms with Crippen molar-refractivity contribution in [3.63, 3.8) is 0 Å². The molecule has 1 fully saturated rings. The van der Waals surface area contributed by atoms with Gasteiger partial charge in [0.15, 0.2) is 5.96 Å². The van der Waals surface area contributed by atoms with Crippen LogP contribution in [0.1, 0.15) is 31.7 Å². The van der Waals surface area contributed by atoms with Crippen molar-refractivity contribution >= 4 is 29.9 Å². The molecule has 0 saturated heterocycles. The minimum atomic E-state index is -4.43. The number of alkyl halides is 3. The van der Waals surface area contributed by atoms with Crippen molar-refractivity contribution in [1.29, 1.82) is 0 Å². The Hall–Kier alpha value is -1.27. The van der Waals surface area contributed by atoms with Gasteiger partial charge in [-0.15, -0.1) is 24.0 Å². The third-order valence-corrected chi connectivity index (χ3v) is 4.22. The second-order valence-corrected chi connectivity index (χ2v) is 7.01. The van der Waals surface area contributed by atoms with Crippen LogP contribution in [-0.4, -0.2) is 56.6 Å². The number of benzene rings is 1. The predicted octanol–water partition coefficient (Wildman–Crippen LogP) is 3.43. The van der Waals surface area contributed by atoms with Gasteiger partial charge in [0.2, 0.25) is 0 Å². The van der Waals surface area contributed by atoms with Gasteiger partial charge in [-0.25, -0.2) is 0 Å². The van der Waals surface area contributed by atoms with Crippen molar-refractivity contribution in [2.45, 2.75) is 38.5 Å². The van der Waals surface area contributed by atoms with Crippen molar-refractivity contribution in [2.75, 3.05) is 39.5 Å². The molecule has 1 atom stereocenters. The number of aliphatic hydroxyl groups is 1. The third-order valence-electron chi connectivity index (χ3n) is 4.22. The fourth-order valence-electron chi connectivity index (χ4n) is 2.46. The summed E-state index contributed by atoms with van der Waals surface area (Å²) in [4.78, 5) is 4.28. The Morgan fingerprint density at radius 3 is 2.73 bits per heavy atom. The Balaban J connectivity index is 0.00000450.